The quantitative estimate of drug-likeness (QED) is 0.740. The third-order valence-corrected chi connectivity index (χ3v) is 2.24. The molecule has 6 heteroatoms. The Balaban J connectivity index is 2.41. The smallest absolute Gasteiger partial charge is 0.227 e. The molecule has 1 unspecified atom stereocenters. The number of nitrogens with two attached hydrogens (primary N) is 1. The van der Waals surface area contributed by atoms with Crippen molar-refractivity contribution < 1.29 is 4.79 Å². The Morgan fingerprint density at radius 2 is 2.62 bits per heavy atom. The highest BCUT2D eigenvalue weighted by Crippen LogP contribution is 2.11. The molecule has 72 valence electrons. The molecular formula is C7H12N4OS. The van der Waals surface area contributed by atoms with E-state index in [2.05, 4.69) is 14.9 Å². The van der Waals surface area contributed by atoms with E-state index in [9.17, 15) is 4.79 Å². The largest absolute Gasteiger partial charge is 0.330 e. The molecule has 0 saturated heterocycles. The van der Waals surface area contributed by atoms with Crippen LogP contribution >= 0.6 is 11.5 Å². The molecule has 1 heterocycles. The van der Waals surface area contributed by atoms with Crippen molar-refractivity contribution in [3.05, 3.63) is 6.20 Å². The second-order valence-electron chi connectivity index (χ2n) is 2.75. The molecular weight excluding hydrogens is 188 g/mol. The van der Waals surface area contributed by atoms with Crippen molar-refractivity contribution in [1.82, 2.24) is 9.59 Å². The van der Waals surface area contributed by atoms with E-state index in [1.807, 2.05) is 6.92 Å². The fourth-order valence-corrected chi connectivity index (χ4v) is 1.27. The maximum Gasteiger partial charge on any atom is 0.227 e. The second-order valence-corrected chi connectivity index (χ2v) is 3.54. The number of nitrogens with zero attached hydrogens (tertiary/aromatic N) is 2. The summed E-state index contributed by atoms with van der Waals surface area (Å²) in [6.45, 7) is 2.37. The van der Waals surface area contributed by atoms with Gasteiger partial charge in [-0.3, -0.25) is 4.79 Å². The summed E-state index contributed by atoms with van der Waals surface area (Å²) >= 11 is 1.16. The van der Waals surface area contributed by atoms with E-state index in [-0.39, 0.29) is 11.8 Å². The molecule has 1 aromatic heterocycles. The molecule has 1 rings (SSSR count). The van der Waals surface area contributed by atoms with Crippen LogP contribution in [0.25, 0.3) is 0 Å². The van der Waals surface area contributed by atoms with Crippen LogP contribution in [0.3, 0.4) is 0 Å². The van der Waals surface area contributed by atoms with Gasteiger partial charge in [0, 0.05) is 17.5 Å². The van der Waals surface area contributed by atoms with Crippen LogP contribution < -0.4 is 11.1 Å². The van der Waals surface area contributed by atoms with Crippen molar-refractivity contribution in [2.75, 3.05) is 11.9 Å². The van der Waals surface area contributed by atoms with Crippen molar-refractivity contribution in [3.63, 3.8) is 0 Å². The van der Waals surface area contributed by atoms with E-state index in [0.717, 1.165) is 11.5 Å². The van der Waals surface area contributed by atoms with Gasteiger partial charge in [-0.15, -0.1) is 5.10 Å². The van der Waals surface area contributed by atoms with Crippen LogP contribution in [-0.2, 0) is 4.79 Å². The molecule has 0 aliphatic carbocycles. The monoisotopic (exact) mass is 200 g/mol. The summed E-state index contributed by atoms with van der Waals surface area (Å²) in [5.74, 6) is -0.0939. The summed E-state index contributed by atoms with van der Waals surface area (Å²) in [6, 6.07) is 0. The molecule has 0 radical (unpaired) electrons. The summed E-state index contributed by atoms with van der Waals surface area (Å²) in [4.78, 5) is 11.4. The van der Waals surface area contributed by atoms with Gasteiger partial charge in [0.15, 0.2) is 0 Å². The third-order valence-electron chi connectivity index (χ3n) is 1.65. The van der Waals surface area contributed by atoms with Gasteiger partial charge in [0.05, 0.1) is 6.20 Å². The molecule has 0 aliphatic heterocycles. The van der Waals surface area contributed by atoms with Gasteiger partial charge in [-0.1, -0.05) is 11.4 Å². The Bertz CT molecular complexity index is 261. The number of carbonyl (C=O) groups is 1. The number of nitrogens with one attached hydrogen (secondary N) is 1. The van der Waals surface area contributed by atoms with E-state index in [4.69, 9.17) is 5.73 Å². The first-order chi connectivity index (χ1) is 6.24. The molecule has 5 nitrogen and oxygen atoms in total. The van der Waals surface area contributed by atoms with E-state index < -0.39 is 0 Å². The van der Waals surface area contributed by atoms with Gasteiger partial charge < -0.3 is 11.1 Å². The van der Waals surface area contributed by atoms with Crippen LogP contribution in [0.1, 0.15) is 13.3 Å². The van der Waals surface area contributed by atoms with Gasteiger partial charge in [0.25, 0.3) is 0 Å². The average molecular weight is 200 g/mol. The SMILES string of the molecule is CC(CCN)C(=O)Nc1cnns1. The Morgan fingerprint density at radius 3 is 3.15 bits per heavy atom. The lowest BCUT2D eigenvalue weighted by Gasteiger charge is -2.08. The molecule has 1 atom stereocenters. The van der Waals surface area contributed by atoms with Gasteiger partial charge in [-0.25, -0.2) is 0 Å². The van der Waals surface area contributed by atoms with Crippen molar-refractivity contribution in [1.29, 1.82) is 0 Å². The number of hydrogen-bond donors (Lipinski definition) is 2. The Morgan fingerprint density at radius 1 is 1.85 bits per heavy atom. The van der Waals surface area contributed by atoms with Crippen molar-refractivity contribution in [3.8, 4) is 0 Å². The number of carbonyl (C=O) groups excluding carboxylic acids is 1. The fraction of sp³-hybridized carbons (Fsp3) is 0.571. The fourth-order valence-electron chi connectivity index (χ4n) is 0.848. The molecule has 0 aromatic carbocycles. The molecule has 0 bridgehead atoms. The van der Waals surface area contributed by atoms with Gasteiger partial charge in [-0.2, -0.15) is 0 Å². The summed E-state index contributed by atoms with van der Waals surface area (Å²) in [7, 11) is 0. The standard InChI is InChI=1S/C7H12N4OS/c1-5(2-3-8)7(12)10-6-4-9-11-13-6/h4-5H,2-3,8H2,1H3,(H,10,12). The summed E-state index contributed by atoms with van der Waals surface area (Å²) < 4.78 is 3.63. The molecule has 0 spiro atoms. The lowest BCUT2D eigenvalue weighted by molar-refractivity contribution is -0.119. The second kappa shape index (κ2) is 4.88. The molecule has 13 heavy (non-hydrogen) atoms. The van der Waals surface area contributed by atoms with Gasteiger partial charge in [-0.05, 0) is 13.0 Å². The zero-order valence-corrected chi connectivity index (χ0v) is 8.17. The van der Waals surface area contributed by atoms with Crippen LogP contribution in [0.4, 0.5) is 5.00 Å². The van der Waals surface area contributed by atoms with E-state index >= 15 is 0 Å². The van der Waals surface area contributed by atoms with Crippen LogP contribution in [-0.4, -0.2) is 22.0 Å². The third kappa shape index (κ3) is 3.08. The normalized spacial score (nSPS) is 12.5. The molecule has 0 saturated carbocycles. The van der Waals surface area contributed by atoms with Crippen LogP contribution in [0.2, 0.25) is 0 Å². The minimum Gasteiger partial charge on any atom is -0.330 e. The lowest BCUT2D eigenvalue weighted by atomic mass is 10.1. The first-order valence-corrected chi connectivity index (χ1v) is 4.79. The predicted octanol–water partition coefficient (Wildman–Crippen LogP) is 0.461. The van der Waals surface area contributed by atoms with Crippen molar-refractivity contribution >= 4 is 22.4 Å². The molecule has 3 N–H and O–H groups in total. The first-order valence-electron chi connectivity index (χ1n) is 4.02. The van der Waals surface area contributed by atoms with Crippen molar-refractivity contribution in [2.45, 2.75) is 13.3 Å². The zero-order chi connectivity index (χ0) is 9.68. The summed E-state index contributed by atoms with van der Waals surface area (Å²) in [5, 5.41) is 6.99. The highest BCUT2D eigenvalue weighted by molar-refractivity contribution is 7.10. The lowest BCUT2D eigenvalue weighted by Crippen LogP contribution is -2.22. The number of amides is 1. The maximum absolute atomic E-state index is 11.4. The predicted molar refractivity (Wildman–Crippen MR) is 51.4 cm³/mol. The Hall–Kier alpha value is -1.01. The highest BCUT2D eigenvalue weighted by atomic mass is 32.1. The van der Waals surface area contributed by atoms with E-state index in [1.165, 1.54) is 6.20 Å². The topological polar surface area (TPSA) is 80.9 Å². The minimum atomic E-state index is -0.0629. The minimum absolute atomic E-state index is 0.0310. The Kier molecular flexibility index (Phi) is 3.78. The van der Waals surface area contributed by atoms with Gasteiger partial charge >= 0.3 is 0 Å². The van der Waals surface area contributed by atoms with Crippen molar-refractivity contribution in [2.24, 2.45) is 11.7 Å². The number of rotatable bonds is 4. The highest BCUT2D eigenvalue weighted by Gasteiger charge is 2.12. The average Bonchev–Trinajstić information content (AvgIpc) is 2.57. The summed E-state index contributed by atoms with van der Waals surface area (Å²) in [5.41, 5.74) is 5.34. The van der Waals surface area contributed by atoms with Gasteiger partial charge in [0.1, 0.15) is 5.00 Å². The van der Waals surface area contributed by atoms with Crippen LogP contribution in [0.5, 0.6) is 0 Å². The molecule has 1 aromatic rings. The maximum atomic E-state index is 11.4. The number of anilines is 1. The van der Waals surface area contributed by atoms with Crippen LogP contribution in [0.15, 0.2) is 6.20 Å². The van der Waals surface area contributed by atoms with Gasteiger partial charge in [0.2, 0.25) is 5.91 Å². The Labute approximate surface area is 80.5 Å². The van der Waals surface area contributed by atoms with E-state index in [1.54, 1.807) is 0 Å². The molecule has 0 aliphatic rings. The molecule has 0 fully saturated rings. The van der Waals surface area contributed by atoms with E-state index in [0.29, 0.717) is 18.0 Å². The zero-order valence-electron chi connectivity index (χ0n) is 7.36. The number of aromatic nitrogens is 2. The number of hydrogen-bond acceptors (Lipinski definition) is 5. The molecule has 1 amide bonds. The van der Waals surface area contributed by atoms with Crippen LogP contribution in [0, 0.1) is 5.92 Å². The first kappa shape index (κ1) is 10.1. The summed E-state index contributed by atoms with van der Waals surface area (Å²) in [6.07, 6.45) is 2.22.